The molecule has 1 atom stereocenters. The normalized spacial score (nSPS) is 19.7. The molecule has 1 saturated heterocycles. The van der Waals surface area contributed by atoms with Gasteiger partial charge in [0.15, 0.2) is 0 Å². The van der Waals surface area contributed by atoms with Crippen molar-refractivity contribution >= 4 is 27.3 Å². The van der Waals surface area contributed by atoms with E-state index < -0.39 is 0 Å². The van der Waals surface area contributed by atoms with Crippen LogP contribution in [0.5, 0.6) is 0 Å². The van der Waals surface area contributed by atoms with Crippen LogP contribution >= 0.6 is 27.3 Å². The van der Waals surface area contributed by atoms with Gasteiger partial charge in [0.05, 0.1) is 11.7 Å². The zero-order valence-electron chi connectivity index (χ0n) is 9.19. The summed E-state index contributed by atoms with van der Waals surface area (Å²) in [5.74, 6) is 0. The van der Waals surface area contributed by atoms with E-state index in [1.54, 1.807) is 17.5 Å². The van der Waals surface area contributed by atoms with Gasteiger partial charge in [0.25, 0.3) is 0 Å². The number of thiazole rings is 1. The fourth-order valence-electron chi connectivity index (χ4n) is 2.04. The van der Waals surface area contributed by atoms with E-state index in [-0.39, 0.29) is 0 Å². The minimum absolute atomic E-state index is 0.445. The maximum atomic E-state index is 4.70. The highest BCUT2D eigenvalue weighted by Crippen LogP contribution is 2.30. The van der Waals surface area contributed by atoms with Gasteiger partial charge in [-0.25, -0.2) is 4.98 Å². The predicted molar refractivity (Wildman–Crippen MR) is 73.0 cm³/mol. The highest BCUT2D eigenvalue weighted by atomic mass is 79.9. The van der Waals surface area contributed by atoms with Crippen molar-refractivity contribution in [2.45, 2.75) is 18.9 Å². The molecule has 0 bridgehead atoms. The van der Waals surface area contributed by atoms with Crippen molar-refractivity contribution in [2.75, 3.05) is 6.54 Å². The lowest BCUT2D eigenvalue weighted by Gasteiger charge is -2.04. The molecular weight excluding hydrogens is 298 g/mol. The molecular formula is C12H12BrN3S. The first-order valence-electron chi connectivity index (χ1n) is 5.62. The van der Waals surface area contributed by atoms with Gasteiger partial charge in [-0.2, -0.15) is 0 Å². The van der Waals surface area contributed by atoms with Crippen molar-refractivity contribution in [3.05, 3.63) is 34.0 Å². The molecule has 0 saturated carbocycles. The maximum absolute atomic E-state index is 4.70. The van der Waals surface area contributed by atoms with E-state index in [9.17, 15) is 0 Å². The van der Waals surface area contributed by atoms with E-state index in [4.69, 9.17) is 4.98 Å². The van der Waals surface area contributed by atoms with Gasteiger partial charge >= 0.3 is 0 Å². The summed E-state index contributed by atoms with van der Waals surface area (Å²) in [4.78, 5) is 8.87. The minimum Gasteiger partial charge on any atom is -0.309 e. The first-order chi connectivity index (χ1) is 8.33. The number of nitrogens with zero attached hydrogens (tertiary/aromatic N) is 2. The molecule has 3 nitrogen and oxygen atoms in total. The zero-order valence-corrected chi connectivity index (χ0v) is 11.6. The van der Waals surface area contributed by atoms with Crippen LogP contribution in [-0.2, 0) is 0 Å². The minimum atomic E-state index is 0.445. The Morgan fingerprint density at radius 2 is 2.35 bits per heavy atom. The summed E-state index contributed by atoms with van der Waals surface area (Å²) in [6.45, 7) is 1.11. The standard InChI is InChI=1S/C12H12BrN3S/c13-9-4-8(5-14-6-9)12-16-11(7-17-12)10-2-1-3-15-10/h4-7,10,15H,1-3H2/t10-/m0/s1. The van der Waals surface area contributed by atoms with E-state index >= 15 is 0 Å². The number of hydrogen-bond acceptors (Lipinski definition) is 4. The molecule has 0 unspecified atom stereocenters. The highest BCUT2D eigenvalue weighted by Gasteiger charge is 2.19. The van der Waals surface area contributed by atoms with E-state index in [2.05, 4.69) is 37.7 Å². The molecule has 3 rings (SSSR count). The third-order valence-electron chi connectivity index (χ3n) is 2.89. The number of halogens is 1. The van der Waals surface area contributed by atoms with Gasteiger partial charge in [-0.05, 0) is 41.4 Å². The van der Waals surface area contributed by atoms with E-state index in [0.717, 1.165) is 21.6 Å². The van der Waals surface area contributed by atoms with Crippen LogP contribution in [0.25, 0.3) is 10.6 Å². The Kier molecular flexibility index (Phi) is 3.22. The van der Waals surface area contributed by atoms with Crippen LogP contribution in [0, 0.1) is 0 Å². The summed E-state index contributed by atoms with van der Waals surface area (Å²) in [7, 11) is 0. The van der Waals surface area contributed by atoms with E-state index in [0.29, 0.717) is 6.04 Å². The third-order valence-corrected chi connectivity index (χ3v) is 4.23. The molecule has 17 heavy (non-hydrogen) atoms. The van der Waals surface area contributed by atoms with Crippen LogP contribution in [0.4, 0.5) is 0 Å². The Hall–Kier alpha value is -0.780. The maximum Gasteiger partial charge on any atom is 0.125 e. The molecule has 2 aromatic heterocycles. The molecule has 1 aliphatic heterocycles. The Balaban J connectivity index is 1.89. The second kappa shape index (κ2) is 4.84. The van der Waals surface area contributed by atoms with Gasteiger partial charge in [-0.3, -0.25) is 4.98 Å². The lowest BCUT2D eigenvalue weighted by atomic mass is 10.2. The molecule has 0 aromatic carbocycles. The van der Waals surface area contributed by atoms with Crippen molar-refractivity contribution in [3.63, 3.8) is 0 Å². The molecule has 0 amide bonds. The number of nitrogens with one attached hydrogen (secondary N) is 1. The molecule has 1 fully saturated rings. The zero-order chi connectivity index (χ0) is 11.7. The summed E-state index contributed by atoms with van der Waals surface area (Å²) in [6.07, 6.45) is 6.09. The Bertz CT molecular complexity index is 520. The largest absolute Gasteiger partial charge is 0.309 e. The van der Waals surface area contributed by atoms with Gasteiger partial charge in [0.1, 0.15) is 5.01 Å². The van der Waals surface area contributed by atoms with E-state index in [1.165, 1.54) is 18.5 Å². The van der Waals surface area contributed by atoms with Crippen molar-refractivity contribution in [1.82, 2.24) is 15.3 Å². The van der Waals surface area contributed by atoms with Gasteiger partial charge in [0, 0.05) is 27.8 Å². The molecule has 1 N–H and O–H groups in total. The summed E-state index contributed by atoms with van der Waals surface area (Å²) in [6, 6.07) is 2.50. The molecule has 5 heteroatoms. The average Bonchev–Trinajstić information content (AvgIpc) is 3.00. The lowest BCUT2D eigenvalue weighted by Crippen LogP contribution is -2.12. The van der Waals surface area contributed by atoms with Crippen molar-refractivity contribution in [1.29, 1.82) is 0 Å². The van der Waals surface area contributed by atoms with Gasteiger partial charge in [-0.15, -0.1) is 11.3 Å². The van der Waals surface area contributed by atoms with Crippen LogP contribution in [0.15, 0.2) is 28.3 Å². The summed E-state index contributed by atoms with van der Waals surface area (Å²) < 4.78 is 0.991. The van der Waals surface area contributed by atoms with Crippen LogP contribution in [0.1, 0.15) is 24.6 Å². The third kappa shape index (κ3) is 2.41. The molecule has 2 aromatic rings. The monoisotopic (exact) mass is 309 g/mol. The molecule has 88 valence electrons. The van der Waals surface area contributed by atoms with Crippen molar-refractivity contribution in [3.8, 4) is 10.6 Å². The molecule has 0 spiro atoms. The fraction of sp³-hybridized carbons (Fsp3) is 0.333. The van der Waals surface area contributed by atoms with Gasteiger partial charge < -0.3 is 5.32 Å². The Labute approximate surface area is 112 Å². The number of hydrogen-bond donors (Lipinski definition) is 1. The van der Waals surface area contributed by atoms with Crippen molar-refractivity contribution in [2.24, 2.45) is 0 Å². The molecule has 1 aliphatic rings. The van der Waals surface area contributed by atoms with Crippen molar-refractivity contribution < 1.29 is 0 Å². The van der Waals surface area contributed by atoms with E-state index in [1.807, 2.05) is 6.20 Å². The van der Waals surface area contributed by atoms with Gasteiger partial charge in [-0.1, -0.05) is 0 Å². The molecule has 0 aliphatic carbocycles. The van der Waals surface area contributed by atoms with Crippen LogP contribution in [-0.4, -0.2) is 16.5 Å². The highest BCUT2D eigenvalue weighted by molar-refractivity contribution is 9.10. The Morgan fingerprint density at radius 3 is 3.12 bits per heavy atom. The number of pyridine rings is 1. The van der Waals surface area contributed by atoms with Gasteiger partial charge in [0.2, 0.25) is 0 Å². The fourth-order valence-corrected chi connectivity index (χ4v) is 3.26. The first kappa shape index (κ1) is 11.3. The smallest absolute Gasteiger partial charge is 0.125 e. The topological polar surface area (TPSA) is 37.8 Å². The second-order valence-electron chi connectivity index (χ2n) is 4.12. The molecule has 3 heterocycles. The number of rotatable bonds is 2. The SMILES string of the molecule is Brc1cncc(-c2nc([C@@H]3CCCN3)cs2)c1. The van der Waals surface area contributed by atoms with Crippen LogP contribution in [0.2, 0.25) is 0 Å². The predicted octanol–water partition coefficient (Wildman–Crippen LogP) is 3.39. The average molecular weight is 310 g/mol. The Morgan fingerprint density at radius 1 is 1.41 bits per heavy atom. The lowest BCUT2D eigenvalue weighted by molar-refractivity contribution is 0.632. The second-order valence-corrected chi connectivity index (χ2v) is 5.89. The number of aromatic nitrogens is 2. The molecule has 0 radical (unpaired) electrons. The van der Waals surface area contributed by atoms with Crippen LogP contribution < -0.4 is 5.32 Å². The summed E-state index contributed by atoms with van der Waals surface area (Å²) >= 11 is 5.12. The quantitative estimate of drug-likeness (QED) is 0.924. The summed E-state index contributed by atoms with van der Waals surface area (Å²) in [5.41, 5.74) is 2.25. The summed E-state index contributed by atoms with van der Waals surface area (Å²) in [5, 5.41) is 6.66. The van der Waals surface area contributed by atoms with Crippen LogP contribution in [0.3, 0.4) is 0 Å². The first-order valence-corrected chi connectivity index (χ1v) is 7.30.